The van der Waals surface area contributed by atoms with Crippen molar-refractivity contribution in [3.8, 4) is 6.07 Å². The molecule has 1 aromatic rings. The minimum absolute atomic E-state index is 0.587. The molecule has 0 bridgehead atoms. The molecule has 1 heterocycles. The first-order valence-corrected chi connectivity index (χ1v) is 7.10. The van der Waals surface area contributed by atoms with Gasteiger partial charge in [-0.15, -0.1) is 0 Å². The number of nitriles is 1. The number of anilines is 2. The fourth-order valence-corrected chi connectivity index (χ4v) is 1.91. The normalized spacial score (nSPS) is 10.2. The lowest BCUT2D eigenvalue weighted by atomic mass is 10.1. The van der Waals surface area contributed by atoms with Crippen molar-refractivity contribution in [1.82, 2.24) is 4.98 Å². The first-order chi connectivity index (χ1) is 10.2. The molecule has 116 valence electrons. The largest absolute Gasteiger partial charge is 0.385 e. The smallest absolute Gasteiger partial charge is 0.144 e. The summed E-state index contributed by atoms with van der Waals surface area (Å²) in [5.41, 5.74) is 2.40. The Labute approximate surface area is 126 Å². The van der Waals surface area contributed by atoms with E-state index in [1.807, 2.05) is 6.92 Å². The molecule has 21 heavy (non-hydrogen) atoms. The van der Waals surface area contributed by atoms with Gasteiger partial charge in [0, 0.05) is 40.5 Å². The SMILES string of the molecule is COCCCNc1cnc(NCCCOC)c(C#N)c1C. The van der Waals surface area contributed by atoms with Crippen molar-refractivity contribution in [3.05, 3.63) is 17.3 Å². The van der Waals surface area contributed by atoms with Crippen molar-refractivity contribution in [3.63, 3.8) is 0 Å². The van der Waals surface area contributed by atoms with Crippen LogP contribution in [0.2, 0.25) is 0 Å². The minimum atomic E-state index is 0.587. The van der Waals surface area contributed by atoms with Crippen LogP contribution in [-0.2, 0) is 9.47 Å². The van der Waals surface area contributed by atoms with Crippen LogP contribution < -0.4 is 10.6 Å². The second kappa shape index (κ2) is 9.97. The molecule has 0 saturated heterocycles. The van der Waals surface area contributed by atoms with Gasteiger partial charge in [-0.05, 0) is 25.3 Å². The van der Waals surface area contributed by atoms with Gasteiger partial charge in [0.05, 0.1) is 17.4 Å². The van der Waals surface area contributed by atoms with Crippen LogP contribution in [0.5, 0.6) is 0 Å². The van der Waals surface area contributed by atoms with Gasteiger partial charge in [0.25, 0.3) is 0 Å². The molecule has 0 unspecified atom stereocenters. The van der Waals surface area contributed by atoms with E-state index in [4.69, 9.17) is 9.47 Å². The Hall–Kier alpha value is -1.84. The lowest BCUT2D eigenvalue weighted by Gasteiger charge is -2.13. The van der Waals surface area contributed by atoms with Crippen molar-refractivity contribution in [1.29, 1.82) is 5.26 Å². The van der Waals surface area contributed by atoms with Crippen molar-refractivity contribution in [2.75, 3.05) is 51.2 Å². The fraction of sp³-hybridized carbons (Fsp3) is 0.600. The maximum atomic E-state index is 9.33. The van der Waals surface area contributed by atoms with Crippen LogP contribution in [0.4, 0.5) is 11.5 Å². The van der Waals surface area contributed by atoms with E-state index in [-0.39, 0.29) is 0 Å². The Morgan fingerprint density at radius 1 is 1.14 bits per heavy atom. The Morgan fingerprint density at radius 3 is 2.33 bits per heavy atom. The molecular formula is C15H24N4O2. The zero-order valence-corrected chi connectivity index (χ0v) is 13.0. The van der Waals surface area contributed by atoms with Gasteiger partial charge in [0.1, 0.15) is 11.9 Å². The second-order valence-corrected chi connectivity index (χ2v) is 4.68. The van der Waals surface area contributed by atoms with Gasteiger partial charge in [0.15, 0.2) is 0 Å². The number of nitrogens with one attached hydrogen (secondary N) is 2. The maximum absolute atomic E-state index is 9.33. The van der Waals surface area contributed by atoms with Crippen LogP contribution in [0.15, 0.2) is 6.20 Å². The van der Waals surface area contributed by atoms with Crippen molar-refractivity contribution in [2.45, 2.75) is 19.8 Å². The average Bonchev–Trinajstić information content (AvgIpc) is 2.50. The maximum Gasteiger partial charge on any atom is 0.144 e. The Bertz CT molecular complexity index is 471. The predicted octanol–water partition coefficient (Wildman–Crippen LogP) is 2.16. The molecule has 0 amide bonds. The van der Waals surface area contributed by atoms with E-state index in [0.717, 1.165) is 37.2 Å². The van der Waals surface area contributed by atoms with Crippen molar-refractivity contribution in [2.24, 2.45) is 0 Å². The van der Waals surface area contributed by atoms with Crippen LogP contribution in [0.3, 0.4) is 0 Å². The van der Waals surface area contributed by atoms with Crippen LogP contribution in [-0.4, -0.2) is 45.5 Å². The molecule has 1 aromatic heterocycles. The van der Waals surface area contributed by atoms with Crippen LogP contribution in [0, 0.1) is 18.3 Å². The summed E-state index contributed by atoms with van der Waals surface area (Å²) in [5, 5.41) is 15.8. The summed E-state index contributed by atoms with van der Waals surface area (Å²) < 4.78 is 10.0. The van der Waals surface area contributed by atoms with Crippen LogP contribution >= 0.6 is 0 Å². The molecule has 0 saturated carbocycles. The third-order valence-electron chi connectivity index (χ3n) is 3.11. The number of nitrogens with zero attached hydrogens (tertiary/aromatic N) is 2. The van der Waals surface area contributed by atoms with Gasteiger partial charge in [-0.1, -0.05) is 0 Å². The highest BCUT2D eigenvalue weighted by atomic mass is 16.5. The second-order valence-electron chi connectivity index (χ2n) is 4.68. The summed E-state index contributed by atoms with van der Waals surface area (Å²) in [6, 6.07) is 2.23. The van der Waals surface area contributed by atoms with Gasteiger partial charge in [-0.3, -0.25) is 0 Å². The molecule has 6 heteroatoms. The molecule has 0 atom stereocenters. The van der Waals surface area contributed by atoms with Gasteiger partial charge in [-0.2, -0.15) is 5.26 Å². The summed E-state index contributed by atoms with van der Waals surface area (Å²) in [4.78, 5) is 4.34. The van der Waals surface area contributed by atoms with Gasteiger partial charge < -0.3 is 20.1 Å². The number of aromatic nitrogens is 1. The fourth-order valence-electron chi connectivity index (χ4n) is 1.91. The molecule has 0 aliphatic carbocycles. The van der Waals surface area contributed by atoms with E-state index in [1.54, 1.807) is 20.4 Å². The van der Waals surface area contributed by atoms with Gasteiger partial charge in [0.2, 0.25) is 0 Å². The molecular weight excluding hydrogens is 268 g/mol. The summed E-state index contributed by atoms with van der Waals surface area (Å²) in [7, 11) is 3.36. The number of ether oxygens (including phenoxy) is 2. The standard InChI is InChI=1S/C15H24N4O2/c1-12-13(10-16)15(18-7-5-9-21-3)19-11-14(12)17-6-4-8-20-2/h11,17H,4-9H2,1-3H3,(H,18,19). The number of methoxy groups -OCH3 is 2. The van der Waals surface area contributed by atoms with Crippen LogP contribution in [0.1, 0.15) is 24.0 Å². The monoisotopic (exact) mass is 292 g/mol. The van der Waals surface area contributed by atoms with E-state index in [9.17, 15) is 5.26 Å². The predicted molar refractivity (Wildman–Crippen MR) is 83.7 cm³/mol. The summed E-state index contributed by atoms with van der Waals surface area (Å²) in [5.74, 6) is 0.633. The summed E-state index contributed by atoms with van der Waals surface area (Å²) in [6.07, 6.45) is 3.55. The zero-order valence-electron chi connectivity index (χ0n) is 13.0. The van der Waals surface area contributed by atoms with Crippen molar-refractivity contribution >= 4 is 11.5 Å². The third kappa shape index (κ3) is 5.58. The highest BCUT2D eigenvalue weighted by molar-refractivity contribution is 5.65. The minimum Gasteiger partial charge on any atom is -0.385 e. The average molecular weight is 292 g/mol. The quantitative estimate of drug-likeness (QED) is 0.643. The van der Waals surface area contributed by atoms with E-state index >= 15 is 0 Å². The Morgan fingerprint density at radius 2 is 1.76 bits per heavy atom. The van der Waals surface area contributed by atoms with E-state index in [1.165, 1.54) is 0 Å². The van der Waals surface area contributed by atoms with Gasteiger partial charge in [-0.25, -0.2) is 4.98 Å². The zero-order chi connectivity index (χ0) is 15.5. The van der Waals surface area contributed by atoms with E-state index < -0.39 is 0 Å². The third-order valence-corrected chi connectivity index (χ3v) is 3.11. The Kier molecular flexibility index (Phi) is 8.17. The first kappa shape index (κ1) is 17.2. The molecule has 0 spiro atoms. The molecule has 0 aliphatic rings. The summed E-state index contributed by atoms with van der Waals surface area (Å²) >= 11 is 0. The number of hydrogen-bond acceptors (Lipinski definition) is 6. The van der Waals surface area contributed by atoms with E-state index in [0.29, 0.717) is 24.6 Å². The number of pyridine rings is 1. The van der Waals surface area contributed by atoms with Gasteiger partial charge >= 0.3 is 0 Å². The molecule has 2 N–H and O–H groups in total. The Balaban J connectivity index is 2.67. The first-order valence-electron chi connectivity index (χ1n) is 7.10. The van der Waals surface area contributed by atoms with E-state index in [2.05, 4.69) is 21.7 Å². The molecule has 1 rings (SSSR count). The highest BCUT2D eigenvalue weighted by Crippen LogP contribution is 2.23. The number of rotatable bonds is 10. The molecule has 0 aromatic carbocycles. The van der Waals surface area contributed by atoms with Crippen molar-refractivity contribution < 1.29 is 9.47 Å². The molecule has 0 radical (unpaired) electrons. The lowest BCUT2D eigenvalue weighted by molar-refractivity contribution is 0.197. The summed E-state index contributed by atoms with van der Waals surface area (Å²) in [6.45, 7) is 4.85. The highest BCUT2D eigenvalue weighted by Gasteiger charge is 2.10. The molecule has 0 aliphatic heterocycles. The number of hydrogen-bond donors (Lipinski definition) is 2. The molecule has 0 fully saturated rings. The topological polar surface area (TPSA) is 79.2 Å². The molecule has 6 nitrogen and oxygen atoms in total. The van der Waals surface area contributed by atoms with Crippen LogP contribution in [0.25, 0.3) is 0 Å². The lowest BCUT2D eigenvalue weighted by Crippen LogP contribution is -2.11.